The van der Waals surface area contributed by atoms with Gasteiger partial charge in [0.15, 0.2) is 0 Å². The Hall–Kier alpha value is -6.00. The van der Waals surface area contributed by atoms with E-state index in [0.29, 0.717) is 37.4 Å². The number of carbonyl (C=O) groups excluding carboxylic acids is 2. The van der Waals surface area contributed by atoms with Crippen molar-refractivity contribution < 1.29 is 23.5 Å². The average molecular weight is 834 g/mol. The molecule has 1 atom stereocenters. The summed E-state index contributed by atoms with van der Waals surface area (Å²) in [6, 6.07) is 55.5. The third kappa shape index (κ3) is 10.3. The second kappa shape index (κ2) is 20.5. The highest BCUT2D eigenvalue weighted by Crippen LogP contribution is 2.39. The van der Waals surface area contributed by atoms with Crippen LogP contribution in [0.4, 0.5) is 10.5 Å². The SMILES string of the molecule is COC(=O)N[C@@H](CCCCNC(c1ccccc1)(c1ccccc1)c1ccc(C)cc1)C(=O)Nc1ccc(CO[Si](c2ccccc2)(c2ccccc2)C(C)(C)C)cc1OC. The van der Waals surface area contributed by atoms with Crippen molar-refractivity contribution in [1.82, 2.24) is 10.6 Å². The fraction of sp³-hybridized carbons (Fsp3) is 0.269. The van der Waals surface area contributed by atoms with Crippen LogP contribution >= 0.6 is 0 Å². The molecule has 0 saturated carbocycles. The van der Waals surface area contributed by atoms with E-state index in [1.807, 2.05) is 42.5 Å². The number of amides is 2. The standard InChI is InChI=1S/C52H59N3O5Si/c1-39-30-33-43(34-31-39)52(41-21-11-7-12-22-41,42-23-13-8-14-24-42)53-36-20-19-29-47(55-50(57)59-6)49(56)54-46-35-32-40(37-48(46)58-5)38-60-61(51(2,3)4,44-25-15-9-16-26-44)45-27-17-10-18-28-45/h7-18,21-28,30-35,37,47,53H,19-20,29,36,38H2,1-6H3,(H,54,56)(H,55,57)/t47-/m0/s1. The molecule has 0 aromatic heterocycles. The first-order chi connectivity index (χ1) is 29.5. The highest BCUT2D eigenvalue weighted by atomic mass is 28.4. The molecule has 0 aliphatic rings. The number of methoxy groups -OCH3 is 2. The Morgan fingerprint density at radius 3 is 1.69 bits per heavy atom. The Balaban J connectivity index is 1.16. The number of rotatable bonds is 18. The summed E-state index contributed by atoms with van der Waals surface area (Å²) in [6.45, 7) is 9.84. The van der Waals surface area contributed by atoms with E-state index >= 15 is 0 Å². The second-order valence-corrected chi connectivity index (χ2v) is 20.7. The van der Waals surface area contributed by atoms with E-state index in [1.54, 1.807) is 7.11 Å². The van der Waals surface area contributed by atoms with E-state index in [4.69, 9.17) is 13.9 Å². The lowest BCUT2D eigenvalue weighted by Crippen LogP contribution is -2.66. The molecule has 9 heteroatoms. The zero-order chi connectivity index (χ0) is 43.3. The van der Waals surface area contributed by atoms with Crippen LogP contribution in [0, 0.1) is 6.92 Å². The molecule has 0 bridgehead atoms. The van der Waals surface area contributed by atoms with E-state index < -0.39 is 26.0 Å². The average Bonchev–Trinajstić information content (AvgIpc) is 3.29. The van der Waals surface area contributed by atoms with Gasteiger partial charge in [-0.3, -0.25) is 10.1 Å². The van der Waals surface area contributed by atoms with Gasteiger partial charge in [0, 0.05) is 0 Å². The first-order valence-corrected chi connectivity index (χ1v) is 22.9. The van der Waals surface area contributed by atoms with Crippen molar-refractivity contribution in [3.8, 4) is 5.75 Å². The largest absolute Gasteiger partial charge is 0.495 e. The number of benzene rings is 6. The maximum atomic E-state index is 13.9. The van der Waals surface area contributed by atoms with Crippen LogP contribution in [0.2, 0.25) is 5.04 Å². The number of unbranched alkanes of at least 4 members (excludes halogenated alkanes) is 1. The van der Waals surface area contributed by atoms with E-state index in [-0.39, 0.29) is 10.9 Å². The third-order valence-electron chi connectivity index (χ3n) is 11.4. The minimum Gasteiger partial charge on any atom is -0.495 e. The van der Waals surface area contributed by atoms with Gasteiger partial charge in [0.05, 0.1) is 32.1 Å². The second-order valence-electron chi connectivity index (χ2n) is 16.4. The molecule has 6 aromatic carbocycles. The summed E-state index contributed by atoms with van der Waals surface area (Å²) in [4.78, 5) is 26.5. The Kier molecular flexibility index (Phi) is 15.0. The zero-order valence-electron chi connectivity index (χ0n) is 36.2. The number of hydrogen-bond donors (Lipinski definition) is 3. The van der Waals surface area contributed by atoms with Gasteiger partial charge in [-0.25, -0.2) is 4.79 Å². The summed E-state index contributed by atoms with van der Waals surface area (Å²) < 4.78 is 17.9. The molecule has 6 aromatic rings. The van der Waals surface area contributed by atoms with Crippen LogP contribution < -0.4 is 31.1 Å². The monoisotopic (exact) mass is 833 g/mol. The van der Waals surface area contributed by atoms with Gasteiger partial charge in [-0.05, 0) is 82.5 Å². The van der Waals surface area contributed by atoms with Crippen molar-refractivity contribution in [2.75, 3.05) is 26.1 Å². The first kappa shape index (κ1) is 44.5. The lowest BCUT2D eigenvalue weighted by molar-refractivity contribution is -0.118. The van der Waals surface area contributed by atoms with E-state index in [0.717, 1.165) is 28.7 Å². The van der Waals surface area contributed by atoms with Crippen molar-refractivity contribution in [1.29, 1.82) is 0 Å². The van der Waals surface area contributed by atoms with Crippen molar-refractivity contribution in [2.45, 2.75) is 70.2 Å². The molecule has 0 unspecified atom stereocenters. The molecule has 0 heterocycles. The molecule has 0 spiro atoms. The Morgan fingerprint density at radius 2 is 1.18 bits per heavy atom. The first-order valence-electron chi connectivity index (χ1n) is 21.0. The maximum absolute atomic E-state index is 13.9. The van der Waals surface area contributed by atoms with Gasteiger partial charge in [0.1, 0.15) is 11.8 Å². The predicted molar refractivity (Wildman–Crippen MR) is 249 cm³/mol. The fourth-order valence-electron chi connectivity index (χ4n) is 8.31. The highest BCUT2D eigenvalue weighted by Gasteiger charge is 2.50. The smallest absolute Gasteiger partial charge is 0.407 e. The van der Waals surface area contributed by atoms with E-state index in [9.17, 15) is 9.59 Å². The topological polar surface area (TPSA) is 97.9 Å². The minimum atomic E-state index is -2.78. The van der Waals surface area contributed by atoms with Gasteiger partial charge in [-0.15, -0.1) is 0 Å². The van der Waals surface area contributed by atoms with Crippen molar-refractivity contribution in [3.05, 3.63) is 192 Å². The van der Waals surface area contributed by atoms with Gasteiger partial charge in [-0.2, -0.15) is 0 Å². The van der Waals surface area contributed by atoms with Crippen LogP contribution in [-0.2, 0) is 26.1 Å². The predicted octanol–water partition coefficient (Wildman–Crippen LogP) is 9.50. The third-order valence-corrected chi connectivity index (χ3v) is 16.4. The fourth-order valence-corrected chi connectivity index (χ4v) is 12.8. The van der Waals surface area contributed by atoms with Crippen LogP contribution in [0.3, 0.4) is 0 Å². The molecule has 61 heavy (non-hydrogen) atoms. The van der Waals surface area contributed by atoms with Gasteiger partial charge in [-0.1, -0.05) is 178 Å². The molecule has 0 fully saturated rings. The van der Waals surface area contributed by atoms with Gasteiger partial charge < -0.3 is 24.5 Å². The minimum absolute atomic E-state index is 0.181. The quantitative estimate of drug-likeness (QED) is 0.0454. The molecule has 0 radical (unpaired) electrons. The summed E-state index contributed by atoms with van der Waals surface area (Å²) in [5, 5.41) is 11.9. The lowest BCUT2D eigenvalue weighted by Gasteiger charge is -2.43. The number of alkyl carbamates (subject to hydrolysis) is 1. The van der Waals surface area contributed by atoms with Crippen LogP contribution in [-0.4, -0.2) is 47.1 Å². The maximum Gasteiger partial charge on any atom is 0.407 e. The number of nitrogens with one attached hydrogen (secondary N) is 3. The summed E-state index contributed by atoms with van der Waals surface area (Å²) in [5.74, 6) is 0.128. The Bertz CT molecular complexity index is 2220. The highest BCUT2D eigenvalue weighted by molar-refractivity contribution is 6.99. The molecule has 316 valence electrons. The summed E-state index contributed by atoms with van der Waals surface area (Å²) >= 11 is 0. The van der Waals surface area contributed by atoms with E-state index in [1.165, 1.54) is 23.0 Å². The molecule has 0 aliphatic carbocycles. The molecule has 8 nitrogen and oxygen atoms in total. The lowest BCUT2D eigenvalue weighted by atomic mass is 9.76. The van der Waals surface area contributed by atoms with Crippen molar-refractivity contribution in [3.63, 3.8) is 0 Å². The molecule has 0 saturated heterocycles. The Morgan fingerprint density at radius 1 is 0.656 bits per heavy atom. The van der Waals surface area contributed by atoms with Gasteiger partial charge >= 0.3 is 6.09 Å². The van der Waals surface area contributed by atoms with Crippen LogP contribution in [0.1, 0.15) is 67.9 Å². The molecule has 3 N–H and O–H groups in total. The summed E-state index contributed by atoms with van der Waals surface area (Å²) in [5.41, 5.74) is 5.38. The number of aryl methyl sites for hydroxylation is 1. The number of ether oxygens (including phenoxy) is 2. The summed E-state index contributed by atoms with van der Waals surface area (Å²) in [6.07, 6.45) is 1.11. The van der Waals surface area contributed by atoms with Crippen molar-refractivity contribution >= 4 is 36.4 Å². The summed E-state index contributed by atoms with van der Waals surface area (Å²) in [7, 11) is 0.0893. The van der Waals surface area contributed by atoms with Crippen molar-refractivity contribution in [2.24, 2.45) is 0 Å². The number of hydrogen-bond acceptors (Lipinski definition) is 6. The number of anilines is 1. The number of carbonyl (C=O) groups is 2. The molecule has 2 amide bonds. The van der Waals surface area contributed by atoms with Gasteiger partial charge in [0.2, 0.25) is 5.91 Å². The van der Waals surface area contributed by atoms with Crippen LogP contribution in [0.5, 0.6) is 5.75 Å². The van der Waals surface area contributed by atoms with Crippen LogP contribution in [0.15, 0.2) is 164 Å². The molecular weight excluding hydrogens is 775 g/mol. The van der Waals surface area contributed by atoms with Gasteiger partial charge in [0.25, 0.3) is 8.32 Å². The van der Waals surface area contributed by atoms with E-state index in [2.05, 4.69) is 165 Å². The molecule has 0 aliphatic heterocycles. The normalized spacial score (nSPS) is 12.3. The zero-order valence-corrected chi connectivity index (χ0v) is 37.2. The molecule has 6 rings (SSSR count). The van der Waals surface area contributed by atoms with Crippen LogP contribution in [0.25, 0.3) is 0 Å². The Labute approximate surface area is 362 Å². The molecular formula is C52H59N3O5Si.